The number of hydrogen-bond acceptors (Lipinski definition) is 1. The first-order chi connectivity index (χ1) is 8.54. The van der Waals surface area contributed by atoms with Crippen LogP contribution in [0.2, 0.25) is 5.02 Å². The summed E-state index contributed by atoms with van der Waals surface area (Å²) in [5, 5.41) is 3.99. The van der Waals surface area contributed by atoms with Gasteiger partial charge in [0, 0.05) is 28.6 Å². The molecule has 3 heteroatoms. The molecule has 0 radical (unpaired) electrons. The Bertz CT molecular complexity index is 570. The Kier molecular flexibility index (Phi) is 3.79. The monoisotopic (exact) mass is 262 g/mol. The van der Waals surface area contributed by atoms with Crippen molar-refractivity contribution in [2.45, 2.75) is 27.3 Å². The minimum atomic E-state index is 0.786. The maximum atomic E-state index is 6.02. The predicted octanol–water partition coefficient (Wildman–Crippen LogP) is 3.78. The molecule has 0 aliphatic heterocycles. The van der Waals surface area contributed by atoms with Crippen LogP contribution in [-0.4, -0.2) is 11.6 Å². The minimum absolute atomic E-state index is 0.786. The molecule has 1 aromatic carbocycles. The fraction of sp³-hybridized carbons (Fsp3) is 0.333. The standard InChI is InChI=1S/C15H19ClN2/c1-10-7-14(16)5-6-15(10)18-11(2)8-13(9-17-4)12(18)3/h5-8,17H,9H2,1-4H3. The van der Waals surface area contributed by atoms with E-state index in [4.69, 9.17) is 11.6 Å². The number of benzene rings is 1. The minimum Gasteiger partial charge on any atom is -0.318 e. The highest BCUT2D eigenvalue weighted by Crippen LogP contribution is 2.25. The van der Waals surface area contributed by atoms with E-state index in [1.165, 1.54) is 28.2 Å². The molecule has 0 aliphatic rings. The molecule has 2 aromatic rings. The van der Waals surface area contributed by atoms with Gasteiger partial charge in [-0.25, -0.2) is 0 Å². The average Bonchev–Trinajstić information content (AvgIpc) is 2.56. The Morgan fingerprint density at radius 2 is 1.89 bits per heavy atom. The number of aryl methyl sites for hydroxylation is 2. The third-order valence-corrected chi connectivity index (χ3v) is 3.54. The van der Waals surface area contributed by atoms with E-state index >= 15 is 0 Å². The van der Waals surface area contributed by atoms with E-state index in [2.05, 4.69) is 42.8 Å². The lowest BCUT2D eigenvalue weighted by atomic mass is 10.2. The second kappa shape index (κ2) is 5.17. The zero-order chi connectivity index (χ0) is 13.3. The number of halogens is 1. The third-order valence-electron chi connectivity index (χ3n) is 3.30. The maximum Gasteiger partial charge on any atom is 0.0485 e. The van der Waals surface area contributed by atoms with E-state index in [0.29, 0.717) is 0 Å². The van der Waals surface area contributed by atoms with Gasteiger partial charge in [-0.15, -0.1) is 0 Å². The Morgan fingerprint density at radius 3 is 2.50 bits per heavy atom. The predicted molar refractivity (Wildman–Crippen MR) is 77.8 cm³/mol. The largest absolute Gasteiger partial charge is 0.318 e. The summed E-state index contributed by atoms with van der Waals surface area (Å²) in [4.78, 5) is 0. The molecule has 1 N–H and O–H groups in total. The van der Waals surface area contributed by atoms with E-state index < -0.39 is 0 Å². The van der Waals surface area contributed by atoms with E-state index in [1.54, 1.807) is 0 Å². The fourth-order valence-corrected chi connectivity index (χ4v) is 2.67. The molecule has 2 nitrogen and oxygen atoms in total. The normalized spacial score (nSPS) is 10.9. The molecule has 0 spiro atoms. The van der Waals surface area contributed by atoms with Crippen LogP contribution in [0.15, 0.2) is 24.3 Å². The lowest BCUT2D eigenvalue weighted by molar-refractivity contribution is 0.806. The van der Waals surface area contributed by atoms with E-state index in [9.17, 15) is 0 Å². The summed E-state index contributed by atoms with van der Waals surface area (Å²) in [5.74, 6) is 0. The van der Waals surface area contributed by atoms with Gasteiger partial charge >= 0.3 is 0 Å². The second-order valence-electron chi connectivity index (χ2n) is 4.69. The number of hydrogen-bond donors (Lipinski definition) is 1. The number of aromatic nitrogens is 1. The van der Waals surface area contributed by atoms with E-state index in [-0.39, 0.29) is 0 Å². The van der Waals surface area contributed by atoms with Crippen molar-refractivity contribution < 1.29 is 0 Å². The van der Waals surface area contributed by atoms with Gasteiger partial charge in [0.25, 0.3) is 0 Å². The third kappa shape index (κ3) is 2.31. The quantitative estimate of drug-likeness (QED) is 0.891. The highest BCUT2D eigenvalue weighted by molar-refractivity contribution is 6.30. The van der Waals surface area contributed by atoms with Gasteiger partial charge in [0.1, 0.15) is 0 Å². The lowest BCUT2D eigenvalue weighted by Gasteiger charge is -2.13. The van der Waals surface area contributed by atoms with Gasteiger partial charge in [-0.05, 0) is 63.2 Å². The van der Waals surface area contributed by atoms with Crippen LogP contribution in [0, 0.1) is 20.8 Å². The first-order valence-corrected chi connectivity index (χ1v) is 6.51. The van der Waals surface area contributed by atoms with Crippen molar-refractivity contribution in [1.82, 2.24) is 9.88 Å². The van der Waals surface area contributed by atoms with Crippen molar-refractivity contribution in [3.8, 4) is 5.69 Å². The van der Waals surface area contributed by atoms with Gasteiger partial charge in [-0.3, -0.25) is 0 Å². The molecule has 0 atom stereocenters. The van der Waals surface area contributed by atoms with Gasteiger partial charge in [0.2, 0.25) is 0 Å². The summed E-state index contributed by atoms with van der Waals surface area (Å²) < 4.78 is 2.29. The molecule has 0 saturated heterocycles. The Labute approximate surface area is 114 Å². The van der Waals surface area contributed by atoms with Crippen LogP contribution in [-0.2, 0) is 6.54 Å². The average molecular weight is 263 g/mol. The summed E-state index contributed by atoms with van der Waals surface area (Å²) in [5.41, 5.74) is 6.27. The molecular formula is C15H19ClN2. The summed E-state index contributed by atoms with van der Waals surface area (Å²) in [6, 6.07) is 8.27. The zero-order valence-corrected chi connectivity index (χ0v) is 12.1. The first-order valence-electron chi connectivity index (χ1n) is 6.13. The zero-order valence-electron chi connectivity index (χ0n) is 11.3. The smallest absolute Gasteiger partial charge is 0.0485 e. The fourth-order valence-electron chi connectivity index (χ4n) is 2.44. The SMILES string of the molecule is CNCc1cc(C)n(-c2ccc(Cl)cc2C)c1C. The van der Waals surface area contributed by atoms with Crippen molar-refractivity contribution in [2.24, 2.45) is 0 Å². The van der Waals surface area contributed by atoms with E-state index in [0.717, 1.165) is 11.6 Å². The van der Waals surface area contributed by atoms with Crippen molar-refractivity contribution in [2.75, 3.05) is 7.05 Å². The number of nitrogens with zero attached hydrogens (tertiary/aromatic N) is 1. The van der Waals surface area contributed by atoms with Gasteiger partial charge in [0.15, 0.2) is 0 Å². The van der Waals surface area contributed by atoms with Gasteiger partial charge in [-0.1, -0.05) is 11.6 Å². The molecule has 1 heterocycles. The van der Waals surface area contributed by atoms with Crippen molar-refractivity contribution in [3.63, 3.8) is 0 Å². The van der Waals surface area contributed by atoms with Crippen molar-refractivity contribution >= 4 is 11.6 Å². The molecule has 0 aliphatic carbocycles. The molecule has 0 unspecified atom stereocenters. The topological polar surface area (TPSA) is 17.0 Å². The van der Waals surface area contributed by atoms with Crippen molar-refractivity contribution in [1.29, 1.82) is 0 Å². The highest BCUT2D eigenvalue weighted by Gasteiger charge is 2.11. The molecule has 0 saturated carbocycles. The van der Waals surface area contributed by atoms with Crippen molar-refractivity contribution in [3.05, 3.63) is 51.8 Å². The van der Waals surface area contributed by atoms with Crippen LogP contribution in [0.4, 0.5) is 0 Å². The molecule has 18 heavy (non-hydrogen) atoms. The van der Waals surface area contributed by atoms with Gasteiger partial charge in [-0.2, -0.15) is 0 Å². The summed E-state index contributed by atoms with van der Waals surface area (Å²) >= 11 is 6.02. The molecular weight excluding hydrogens is 244 g/mol. The lowest BCUT2D eigenvalue weighted by Crippen LogP contribution is -2.07. The molecule has 96 valence electrons. The van der Waals surface area contributed by atoms with Crippen LogP contribution in [0.25, 0.3) is 5.69 Å². The Balaban J connectivity index is 2.56. The van der Waals surface area contributed by atoms with Crippen LogP contribution in [0.3, 0.4) is 0 Å². The molecule has 0 fully saturated rings. The highest BCUT2D eigenvalue weighted by atomic mass is 35.5. The molecule has 0 bridgehead atoms. The van der Waals surface area contributed by atoms with Crippen LogP contribution < -0.4 is 5.32 Å². The van der Waals surface area contributed by atoms with Crippen LogP contribution >= 0.6 is 11.6 Å². The summed E-state index contributed by atoms with van der Waals surface area (Å²) in [7, 11) is 1.97. The Morgan fingerprint density at radius 1 is 1.17 bits per heavy atom. The molecule has 2 rings (SSSR count). The number of rotatable bonds is 3. The van der Waals surface area contributed by atoms with E-state index in [1.807, 2.05) is 19.2 Å². The Hall–Kier alpha value is -1.25. The molecule has 1 aromatic heterocycles. The number of nitrogens with one attached hydrogen (secondary N) is 1. The van der Waals surface area contributed by atoms with Crippen LogP contribution in [0.5, 0.6) is 0 Å². The molecule has 0 amide bonds. The van der Waals surface area contributed by atoms with Gasteiger partial charge in [0.05, 0.1) is 0 Å². The summed E-state index contributed by atoms with van der Waals surface area (Å²) in [6.45, 7) is 7.29. The first kappa shape index (κ1) is 13.2. The maximum absolute atomic E-state index is 6.02. The van der Waals surface area contributed by atoms with Gasteiger partial charge < -0.3 is 9.88 Å². The second-order valence-corrected chi connectivity index (χ2v) is 5.13. The van der Waals surface area contributed by atoms with Crippen LogP contribution in [0.1, 0.15) is 22.5 Å². The summed E-state index contributed by atoms with van der Waals surface area (Å²) in [6.07, 6.45) is 0.